The van der Waals surface area contributed by atoms with Gasteiger partial charge in [0.05, 0.1) is 28.9 Å². The predicted octanol–water partition coefficient (Wildman–Crippen LogP) is 4.48. The van der Waals surface area contributed by atoms with Crippen molar-refractivity contribution in [1.29, 1.82) is 5.26 Å². The van der Waals surface area contributed by atoms with Crippen molar-refractivity contribution in [2.24, 2.45) is 0 Å². The minimum Gasteiger partial charge on any atom is -0.472 e. The highest BCUT2D eigenvalue weighted by Gasteiger charge is 2.21. The van der Waals surface area contributed by atoms with E-state index in [0.717, 1.165) is 11.1 Å². The number of hydrogen-bond donors (Lipinski definition) is 1. The highest BCUT2D eigenvalue weighted by molar-refractivity contribution is 7.89. The van der Waals surface area contributed by atoms with Gasteiger partial charge in [0, 0.05) is 26.0 Å². The lowest BCUT2D eigenvalue weighted by atomic mass is 10.2. The number of sulfonamides is 1. The highest BCUT2D eigenvalue weighted by Crippen LogP contribution is 2.35. The Morgan fingerprint density at radius 1 is 1.11 bits per heavy atom. The maximum atomic E-state index is 12.4. The molecule has 0 aliphatic rings. The molecule has 0 fully saturated rings. The summed E-state index contributed by atoms with van der Waals surface area (Å²) in [6.07, 6.45) is 1.94. The van der Waals surface area contributed by atoms with Crippen molar-refractivity contribution in [1.82, 2.24) is 19.1 Å². The lowest BCUT2D eigenvalue weighted by Gasteiger charge is -2.12. The van der Waals surface area contributed by atoms with Crippen LogP contribution in [0.3, 0.4) is 0 Å². The number of ether oxygens (including phenoxy) is 1. The third-order valence-corrected chi connectivity index (χ3v) is 7.33. The van der Waals surface area contributed by atoms with Gasteiger partial charge < -0.3 is 10.1 Å². The van der Waals surface area contributed by atoms with E-state index in [4.69, 9.17) is 9.84 Å². The molecule has 2 aromatic carbocycles. The highest BCUT2D eigenvalue weighted by atomic mass is 32.2. The van der Waals surface area contributed by atoms with Crippen molar-refractivity contribution in [3.63, 3.8) is 0 Å². The summed E-state index contributed by atoms with van der Waals surface area (Å²) in [5, 5.41) is 17.9. The SMILES string of the molecule is C[C@@H](CC#N)n1nc(Nc2ccc(S(=O)(=O)N(C)C)cc2)c2c(OCc3ccccc3)nccc21. The second kappa shape index (κ2) is 10.1. The third kappa shape index (κ3) is 5.11. The summed E-state index contributed by atoms with van der Waals surface area (Å²) in [6, 6.07) is 20.1. The molecule has 2 aromatic heterocycles. The number of nitriles is 1. The van der Waals surface area contributed by atoms with Crippen molar-refractivity contribution >= 4 is 32.4 Å². The van der Waals surface area contributed by atoms with Crippen LogP contribution in [-0.4, -0.2) is 41.6 Å². The number of aromatic nitrogens is 3. The zero-order chi connectivity index (χ0) is 25.0. The molecule has 0 saturated carbocycles. The quantitative estimate of drug-likeness (QED) is 0.368. The Balaban J connectivity index is 1.72. The Labute approximate surface area is 204 Å². The van der Waals surface area contributed by atoms with Crippen LogP contribution in [-0.2, 0) is 16.6 Å². The molecule has 180 valence electrons. The first-order valence-corrected chi connectivity index (χ1v) is 12.5. The molecule has 0 aliphatic heterocycles. The molecule has 0 saturated heterocycles. The zero-order valence-corrected chi connectivity index (χ0v) is 20.5. The maximum absolute atomic E-state index is 12.4. The molecule has 0 unspecified atom stereocenters. The molecule has 0 spiro atoms. The van der Waals surface area contributed by atoms with Crippen molar-refractivity contribution in [2.75, 3.05) is 19.4 Å². The molecule has 4 rings (SSSR count). The number of nitrogens with zero attached hydrogens (tertiary/aromatic N) is 5. The number of nitrogens with one attached hydrogen (secondary N) is 1. The minimum absolute atomic E-state index is 0.171. The Kier molecular flexibility index (Phi) is 7.00. The van der Waals surface area contributed by atoms with Gasteiger partial charge in [-0.25, -0.2) is 17.7 Å². The van der Waals surface area contributed by atoms with Gasteiger partial charge in [0.15, 0.2) is 5.82 Å². The van der Waals surface area contributed by atoms with Crippen LogP contribution in [0.2, 0.25) is 0 Å². The molecule has 0 amide bonds. The second-order valence-corrected chi connectivity index (χ2v) is 10.4. The minimum atomic E-state index is -3.53. The molecule has 10 heteroatoms. The van der Waals surface area contributed by atoms with E-state index in [2.05, 4.69) is 16.4 Å². The molecule has 0 aliphatic carbocycles. The number of pyridine rings is 1. The molecular weight excluding hydrogens is 464 g/mol. The van der Waals surface area contributed by atoms with Gasteiger partial charge in [-0.05, 0) is 42.8 Å². The summed E-state index contributed by atoms with van der Waals surface area (Å²) in [6.45, 7) is 2.26. The van der Waals surface area contributed by atoms with Crippen molar-refractivity contribution in [3.05, 3.63) is 72.4 Å². The molecule has 2 heterocycles. The lowest BCUT2D eigenvalue weighted by molar-refractivity contribution is 0.298. The van der Waals surface area contributed by atoms with E-state index in [1.54, 1.807) is 35.1 Å². The largest absolute Gasteiger partial charge is 0.472 e. The molecule has 0 radical (unpaired) electrons. The summed E-state index contributed by atoms with van der Waals surface area (Å²) in [5.41, 5.74) is 2.43. The summed E-state index contributed by atoms with van der Waals surface area (Å²) >= 11 is 0. The molecule has 35 heavy (non-hydrogen) atoms. The Hall–Kier alpha value is -3.94. The van der Waals surface area contributed by atoms with Crippen LogP contribution in [0, 0.1) is 11.3 Å². The topological polar surface area (TPSA) is 113 Å². The number of anilines is 2. The Morgan fingerprint density at radius 3 is 2.49 bits per heavy atom. The fourth-order valence-corrected chi connectivity index (χ4v) is 4.49. The molecule has 1 N–H and O–H groups in total. The van der Waals surface area contributed by atoms with Crippen LogP contribution in [0.1, 0.15) is 24.9 Å². The van der Waals surface area contributed by atoms with E-state index < -0.39 is 10.0 Å². The standard InChI is InChI=1S/C25H26N6O3S/c1-18(13-15-26)31-22-14-16-27-25(34-17-19-7-5-4-6-8-19)23(22)24(29-31)28-20-9-11-21(12-10-20)35(32,33)30(2)3/h4-12,14,16,18H,13,17H2,1-3H3,(H,28,29)/t18-/m0/s1. The Morgan fingerprint density at radius 2 is 1.83 bits per heavy atom. The number of hydrogen-bond acceptors (Lipinski definition) is 7. The summed E-state index contributed by atoms with van der Waals surface area (Å²) in [7, 11) is -0.544. The van der Waals surface area contributed by atoms with Gasteiger partial charge in [-0.1, -0.05) is 30.3 Å². The second-order valence-electron chi connectivity index (χ2n) is 8.23. The number of rotatable bonds is 9. The zero-order valence-electron chi connectivity index (χ0n) is 19.7. The first-order chi connectivity index (χ1) is 16.8. The summed E-state index contributed by atoms with van der Waals surface area (Å²) < 4.78 is 33.8. The normalized spacial score (nSPS) is 12.4. The van der Waals surface area contributed by atoms with Crippen LogP contribution < -0.4 is 10.1 Å². The summed E-state index contributed by atoms with van der Waals surface area (Å²) in [4.78, 5) is 4.64. The molecule has 1 atom stereocenters. The van der Waals surface area contributed by atoms with Crippen LogP contribution in [0.5, 0.6) is 5.88 Å². The summed E-state index contributed by atoms with van der Waals surface area (Å²) in [5.74, 6) is 0.917. The smallest absolute Gasteiger partial charge is 0.242 e. The average Bonchev–Trinajstić information content (AvgIpc) is 3.23. The molecule has 9 nitrogen and oxygen atoms in total. The predicted molar refractivity (Wildman–Crippen MR) is 134 cm³/mol. The maximum Gasteiger partial charge on any atom is 0.242 e. The van der Waals surface area contributed by atoms with Gasteiger partial charge in [-0.2, -0.15) is 10.4 Å². The van der Waals surface area contributed by atoms with Crippen LogP contribution >= 0.6 is 0 Å². The van der Waals surface area contributed by atoms with Gasteiger partial charge in [0.1, 0.15) is 12.0 Å². The van der Waals surface area contributed by atoms with Gasteiger partial charge in [-0.15, -0.1) is 0 Å². The molecular formula is C25H26N6O3S. The third-order valence-electron chi connectivity index (χ3n) is 5.50. The van der Waals surface area contributed by atoms with Crippen LogP contribution in [0.4, 0.5) is 11.5 Å². The average molecular weight is 491 g/mol. The van der Waals surface area contributed by atoms with Gasteiger partial charge in [0.2, 0.25) is 15.9 Å². The fourth-order valence-electron chi connectivity index (χ4n) is 3.59. The van der Waals surface area contributed by atoms with Gasteiger partial charge >= 0.3 is 0 Å². The van der Waals surface area contributed by atoms with Gasteiger partial charge in [0.25, 0.3) is 0 Å². The van der Waals surface area contributed by atoms with Crippen LogP contribution in [0.15, 0.2) is 71.8 Å². The first-order valence-electron chi connectivity index (χ1n) is 11.0. The Bertz CT molecular complexity index is 1460. The molecule has 4 aromatic rings. The van der Waals surface area contributed by atoms with Crippen molar-refractivity contribution in [3.8, 4) is 11.9 Å². The number of fused-ring (bicyclic) bond motifs is 1. The molecule has 0 bridgehead atoms. The lowest BCUT2D eigenvalue weighted by Crippen LogP contribution is -2.22. The first kappa shape index (κ1) is 24.2. The van der Waals surface area contributed by atoms with E-state index >= 15 is 0 Å². The van der Waals surface area contributed by atoms with E-state index in [1.165, 1.54) is 18.4 Å². The van der Waals surface area contributed by atoms with E-state index in [-0.39, 0.29) is 17.4 Å². The van der Waals surface area contributed by atoms with Crippen molar-refractivity contribution in [2.45, 2.75) is 30.9 Å². The van der Waals surface area contributed by atoms with E-state index in [0.29, 0.717) is 29.4 Å². The number of benzene rings is 2. The van der Waals surface area contributed by atoms with E-state index in [9.17, 15) is 13.7 Å². The van der Waals surface area contributed by atoms with Crippen LogP contribution in [0.25, 0.3) is 10.9 Å². The van der Waals surface area contributed by atoms with Gasteiger partial charge in [-0.3, -0.25) is 4.68 Å². The monoisotopic (exact) mass is 490 g/mol. The fraction of sp³-hybridized carbons (Fsp3) is 0.240. The van der Waals surface area contributed by atoms with E-state index in [1.807, 2.05) is 43.3 Å². The van der Waals surface area contributed by atoms with Crippen molar-refractivity contribution < 1.29 is 13.2 Å².